The Kier molecular flexibility index (Phi) is 8.47. The second-order valence-electron chi connectivity index (χ2n) is 6.04. The highest BCUT2D eigenvalue weighted by molar-refractivity contribution is 6.34. The van der Waals surface area contributed by atoms with Crippen LogP contribution >= 0.6 is 23.2 Å². The number of ether oxygens (including phenoxy) is 4. The van der Waals surface area contributed by atoms with Gasteiger partial charge >= 0.3 is 0 Å². The molecule has 0 saturated carbocycles. The number of anilines is 1. The van der Waals surface area contributed by atoms with Crippen LogP contribution in [0.25, 0.3) is 0 Å². The molecule has 0 aliphatic rings. The molecule has 1 unspecified atom stereocenters. The molecular formula is C20H21Cl2N3O6. The molecule has 11 heteroatoms. The van der Waals surface area contributed by atoms with E-state index in [1.165, 1.54) is 47.5 Å². The van der Waals surface area contributed by atoms with E-state index in [1.54, 1.807) is 12.1 Å². The Morgan fingerprint density at radius 1 is 0.903 bits per heavy atom. The lowest BCUT2D eigenvalue weighted by atomic mass is 10.2. The number of methoxy groups -OCH3 is 4. The van der Waals surface area contributed by atoms with Crippen molar-refractivity contribution in [1.82, 2.24) is 0 Å². The number of nitrogens with one attached hydrogen (secondary N) is 1. The maximum absolute atomic E-state index is 12.8. The molecule has 2 aromatic rings. The van der Waals surface area contributed by atoms with E-state index in [-0.39, 0.29) is 27.2 Å². The fourth-order valence-electron chi connectivity index (χ4n) is 2.54. The molecule has 0 aliphatic carbocycles. The third-order valence-electron chi connectivity index (χ3n) is 4.12. The van der Waals surface area contributed by atoms with E-state index in [1.807, 2.05) is 0 Å². The molecule has 2 aromatic carbocycles. The molecule has 166 valence electrons. The van der Waals surface area contributed by atoms with Crippen LogP contribution in [0.4, 0.5) is 11.4 Å². The van der Waals surface area contributed by atoms with Gasteiger partial charge in [0.1, 0.15) is 33.7 Å². The van der Waals surface area contributed by atoms with Crippen molar-refractivity contribution in [3.8, 4) is 23.0 Å². The minimum absolute atomic E-state index is 0.118. The molecule has 0 aromatic heterocycles. The van der Waals surface area contributed by atoms with Crippen molar-refractivity contribution in [2.75, 3.05) is 33.8 Å². The summed E-state index contributed by atoms with van der Waals surface area (Å²) in [6.07, 6.45) is 0. The molecule has 0 radical (unpaired) electrons. The molecule has 9 nitrogen and oxygen atoms in total. The van der Waals surface area contributed by atoms with Gasteiger partial charge in [-0.3, -0.25) is 9.59 Å². The third-order valence-corrected chi connectivity index (χ3v) is 4.78. The number of carbonyl (C=O) groups excluding carboxylic acids is 2. The second kappa shape index (κ2) is 10.8. The van der Waals surface area contributed by atoms with Gasteiger partial charge in [0.05, 0.1) is 39.1 Å². The molecule has 1 atom stereocenters. The molecule has 31 heavy (non-hydrogen) atoms. The van der Waals surface area contributed by atoms with Crippen LogP contribution in [0, 0.1) is 0 Å². The van der Waals surface area contributed by atoms with Crippen LogP contribution in [0.1, 0.15) is 6.92 Å². The normalized spacial score (nSPS) is 11.7. The Morgan fingerprint density at radius 2 is 1.48 bits per heavy atom. The topological polar surface area (TPSA) is 108 Å². The first kappa shape index (κ1) is 24.2. The standard InChI is InChI=1S/C20H21Cl2N3O6/c1-10(26)18(24-25-19-14(29-3)7-6-13(28-2)17(19)22)20(27)23-12-8-11(21)15(30-4)9-16(12)31-5/h6-9,18H,1-5H3,(H,23,27). The van der Waals surface area contributed by atoms with Gasteiger partial charge < -0.3 is 24.3 Å². The smallest absolute Gasteiger partial charge is 0.258 e. The highest BCUT2D eigenvalue weighted by Crippen LogP contribution is 2.42. The summed E-state index contributed by atoms with van der Waals surface area (Å²) in [4.78, 5) is 24.9. The number of amides is 1. The molecule has 1 N–H and O–H groups in total. The number of benzene rings is 2. The van der Waals surface area contributed by atoms with Crippen LogP contribution in [0.5, 0.6) is 23.0 Å². The van der Waals surface area contributed by atoms with E-state index in [2.05, 4.69) is 15.5 Å². The largest absolute Gasteiger partial charge is 0.495 e. The van der Waals surface area contributed by atoms with Gasteiger partial charge in [0, 0.05) is 6.07 Å². The van der Waals surface area contributed by atoms with E-state index in [4.69, 9.17) is 42.1 Å². The lowest BCUT2D eigenvalue weighted by molar-refractivity contribution is -0.126. The Bertz CT molecular complexity index is 1010. The van der Waals surface area contributed by atoms with E-state index in [9.17, 15) is 9.59 Å². The second-order valence-corrected chi connectivity index (χ2v) is 6.82. The quantitative estimate of drug-likeness (QED) is 0.420. The highest BCUT2D eigenvalue weighted by Gasteiger charge is 2.25. The fraction of sp³-hybridized carbons (Fsp3) is 0.300. The van der Waals surface area contributed by atoms with Gasteiger partial charge in [-0.2, -0.15) is 5.11 Å². The first-order valence-corrected chi connectivity index (χ1v) is 9.57. The van der Waals surface area contributed by atoms with Gasteiger partial charge in [0.25, 0.3) is 5.91 Å². The number of nitrogens with zero attached hydrogens (tertiary/aromatic N) is 2. The van der Waals surface area contributed by atoms with E-state index < -0.39 is 17.7 Å². The van der Waals surface area contributed by atoms with Crippen LogP contribution in [-0.2, 0) is 9.59 Å². The molecule has 0 aliphatic heterocycles. The fourth-order valence-corrected chi connectivity index (χ4v) is 3.05. The minimum Gasteiger partial charge on any atom is -0.495 e. The zero-order valence-corrected chi connectivity index (χ0v) is 19.0. The van der Waals surface area contributed by atoms with Crippen LogP contribution in [0.2, 0.25) is 10.0 Å². The Morgan fingerprint density at radius 3 is 2.03 bits per heavy atom. The molecule has 0 saturated heterocycles. The third kappa shape index (κ3) is 5.56. The van der Waals surface area contributed by atoms with Gasteiger partial charge in [0.2, 0.25) is 6.04 Å². The molecule has 0 heterocycles. The van der Waals surface area contributed by atoms with Crippen LogP contribution < -0.4 is 24.3 Å². The molecular weight excluding hydrogens is 449 g/mol. The number of halogens is 2. The van der Waals surface area contributed by atoms with Gasteiger partial charge in [-0.25, -0.2) is 0 Å². The number of azo groups is 1. The summed E-state index contributed by atoms with van der Waals surface area (Å²) >= 11 is 12.4. The summed E-state index contributed by atoms with van der Waals surface area (Å²) in [7, 11) is 5.72. The number of ketones is 1. The minimum atomic E-state index is -1.46. The molecule has 2 rings (SSSR count). The maximum atomic E-state index is 12.8. The molecule has 1 amide bonds. The summed E-state index contributed by atoms with van der Waals surface area (Å²) in [5, 5.41) is 10.8. The molecule has 0 bridgehead atoms. The number of hydrogen-bond donors (Lipinski definition) is 1. The first-order valence-electron chi connectivity index (χ1n) is 8.81. The van der Waals surface area contributed by atoms with Crippen molar-refractivity contribution in [3.63, 3.8) is 0 Å². The van der Waals surface area contributed by atoms with Crippen molar-refractivity contribution < 1.29 is 28.5 Å². The summed E-state index contributed by atoms with van der Waals surface area (Å²) in [5.74, 6) is -0.0178. The number of rotatable bonds is 9. The summed E-state index contributed by atoms with van der Waals surface area (Å²) in [5.41, 5.74) is 0.351. The zero-order valence-electron chi connectivity index (χ0n) is 17.5. The average Bonchev–Trinajstić information content (AvgIpc) is 2.74. The summed E-state index contributed by atoms with van der Waals surface area (Å²) in [6.45, 7) is 1.21. The predicted octanol–water partition coefficient (Wildman–Crippen LogP) is 4.71. The van der Waals surface area contributed by atoms with E-state index in [0.29, 0.717) is 17.2 Å². The Labute approximate surface area is 189 Å². The van der Waals surface area contributed by atoms with Gasteiger partial charge in [-0.05, 0) is 25.1 Å². The first-order chi connectivity index (χ1) is 14.8. The summed E-state index contributed by atoms with van der Waals surface area (Å²) < 4.78 is 20.7. The van der Waals surface area contributed by atoms with Gasteiger partial charge in [-0.15, -0.1) is 5.11 Å². The number of Topliss-reactive ketones (excluding diaryl/α,β-unsaturated/α-hetero) is 1. The molecule has 0 fully saturated rings. The lowest BCUT2D eigenvalue weighted by Gasteiger charge is -2.15. The summed E-state index contributed by atoms with van der Waals surface area (Å²) in [6, 6.07) is 4.65. The van der Waals surface area contributed by atoms with E-state index in [0.717, 1.165) is 0 Å². The van der Waals surface area contributed by atoms with E-state index >= 15 is 0 Å². The Hall–Kier alpha value is -3.04. The van der Waals surface area contributed by atoms with Crippen molar-refractivity contribution >= 4 is 46.3 Å². The zero-order chi connectivity index (χ0) is 23.1. The van der Waals surface area contributed by atoms with Gasteiger partial charge in [-0.1, -0.05) is 23.2 Å². The number of hydrogen-bond acceptors (Lipinski definition) is 8. The van der Waals surface area contributed by atoms with Crippen molar-refractivity contribution in [2.24, 2.45) is 10.2 Å². The van der Waals surface area contributed by atoms with Crippen molar-refractivity contribution in [1.29, 1.82) is 0 Å². The monoisotopic (exact) mass is 469 g/mol. The highest BCUT2D eigenvalue weighted by atomic mass is 35.5. The lowest BCUT2D eigenvalue weighted by Crippen LogP contribution is -2.32. The van der Waals surface area contributed by atoms with Crippen molar-refractivity contribution in [2.45, 2.75) is 13.0 Å². The Balaban J connectivity index is 2.37. The van der Waals surface area contributed by atoms with Crippen LogP contribution in [0.15, 0.2) is 34.5 Å². The van der Waals surface area contributed by atoms with Gasteiger partial charge in [0.15, 0.2) is 5.78 Å². The number of carbonyl (C=O) groups is 2. The van der Waals surface area contributed by atoms with Crippen molar-refractivity contribution in [3.05, 3.63) is 34.3 Å². The van der Waals surface area contributed by atoms with Crippen LogP contribution in [-0.4, -0.2) is 46.2 Å². The van der Waals surface area contributed by atoms with Crippen LogP contribution in [0.3, 0.4) is 0 Å². The SMILES string of the molecule is COc1cc(OC)c(NC(=O)C(N=Nc2c(OC)ccc(OC)c2Cl)C(C)=O)cc1Cl. The maximum Gasteiger partial charge on any atom is 0.258 e. The average molecular weight is 470 g/mol. The molecule has 0 spiro atoms. The predicted molar refractivity (Wildman–Crippen MR) is 117 cm³/mol.